The van der Waals surface area contributed by atoms with Gasteiger partial charge in [-0.1, -0.05) is 304 Å². The third kappa shape index (κ3) is 43.5. The van der Waals surface area contributed by atoms with E-state index in [1.165, 1.54) is 173 Å². The highest BCUT2D eigenvalue weighted by atomic mass is 16.8. The number of carbonyl (C=O) groups excluding carboxylic acids is 1. The van der Waals surface area contributed by atoms with E-state index in [9.17, 15) is 61.0 Å². The van der Waals surface area contributed by atoms with E-state index in [0.717, 1.165) is 89.9 Å². The van der Waals surface area contributed by atoms with Gasteiger partial charge in [-0.3, -0.25) is 4.79 Å². The van der Waals surface area contributed by atoms with Gasteiger partial charge in [0, 0.05) is 6.42 Å². The molecule has 17 atom stereocenters. The van der Waals surface area contributed by atoms with E-state index in [0.29, 0.717) is 12.8 Å². The number of ether oxygens (including phenoxy) is 6. The van der Waals surface area contributed by atoms with Crippen LogP contribution in [0.15, 0.2) is 97.2 Å². The fourth-order valence-electron chi connectivity index (χ4n) is 13.3. The van der Waals surface area contributed by atoms with Crippen LogP contribution in [0.5, 0.6) is 0 Å². The number of aliphatic hydroxyl groups excluding tert-OH is 11. The van der Waals surface area contributed by atoms with E-state index >= 15 is 0 Å². The first-order valence-electron chi connectivity index (χ1n) is 41.0. The van der Waals surface area contributed by atoms with Crippen LogP contribution in [-0.4, -0.2) is 193 Å². The molecule has 3 fully saturated rings. The third-order valence-corrected chi connectivity index (χ3v) is 19.9. The first-order chi connectivity index (χ1) is 50.3. The van der Waals surface area contributed by atoms with E-state index in [-0.39, 0.29) is 18.9 Å². The number of hydrogen-bond donors (Lipinski definition) is 12. The van der Waals surface area contributed by atoms with Crippen molar-refractivity contribution in [3.05, 3.63) is 97.2 Å². The summed E-state index contributed by atoms with van der Waals surface area (Å²) in [6.07, 6.45) is 59.6. The minimum Gasteiger partial charge on any atom is -0.394 e. The normalized spacial score (nSPS) is 26.6. The molecule has 596 valence electrons. The maximum Gasteiger partial charge on any atom is 0.220 e. The Morgan fingerprint density at radius 3 is 1.09 bits per heavy atom. The van der Waals surface area contributed by atoms with Crippen LogP contribution in [0.1, 0.15) is 296 Å². The molecule has 103 heavy (non-hydrogen) atoms. The quantitative estimate of drug-likeness (QED) is 0.0199. The molecule has 3 rings (SSSR count). The van der Waals surface area contributed by atoms with Gasteiger partial charge >= 0.3 is 0 Å². The second kappa shape index (κ2) is 63.6. The lowest BCUT2D eigenvalue weighted by atomic mass is 9.96. The van der Waals surface area contributed by atoms with Crippen LogP contribution in [0.3, 0.4) is 0 Å². The Bertz CT molecular complexity index is 2240. The molecular formula is C84H147NO18. The number of carbonyl (C=O) groups is 1. The van der Waals surface area contributed by atoms with Crippen molar-refractivity contribution in [2.24, 2.45) is 0 Å². The number of allylic oxidation sites excluding steroid dienone is 15. The zero-order valence-corrected chi connectivity index (χ0v) is 63.8. The highest BCUT2D eigenvalue weighted by Gasteiger charge is 2.54. The van der Waals surface area contributed by atoms with Crippen LogP contribution >= 0.6 is 0 Å². The molecular weight excluding hydrogens is 1310 g/mol. The topological polar surface area (TPSA) is 307 Å². The van der Waals surface area contributed by atoms with Crippen molar-refractivity contribution < 1.29 is 89.4 Å². The van der Waals surface area contributed by atoms with E-state index in [1.807, 2.05) is 6.08 Å². The maximum atomic E-state index is 13.5. The molecule has 19 nitrogen and oxygen atoms in total. The van der Waals surface area contributed by atoms with Crippen molar-refractivity contribution in [2.45, 2.75) is 401 Å². The van der Waals surface area contributed by atoms with Gasteiger partial charge in [-0.25, -0.2) is 0 Å². The summed E-state index contributed by atoms with van der Waals surface area (Å²) in [6.45, 7) is 1.63. The van der Waals surface area contributed by atoms with Crippen molar-refractivity contribution in [1.82, 2.24) is 5.32 Å². The second-order valence-electron chi connectivity index (χ2n) is 28.8. The van der Waals surface area contributed by atoms with E-state index in [1.54, 1.807) is 6.08 Å². The standard InChI is InChI=1S/C84H147NO18/c1-3-5-7-9-11-13-15-17-19-21-23-25-27-29-31-32-33-34-36-38-40-42-44-46-48-50-52-54-56-58-60-62-72(90)85-67(68(89)61-59-57-55-53-51-49-47-45-43-41-39-37-35-30-28-26-24-22-20-18-16-14-12-10-8-6-4-2)66-98-82-78(96)75(93)80(70(64-87)100-82)103-84-79(97)76(94)81(71(65-88)101-84)102-83-77(95)74(92)73(91)69(63-86)99-83/h5,7,11,13,17,19,23,25,29,31,33-34,51,53,59,61,67-71,73-84,86-89,91-97H,3-4,6,8-10,12,14-16,18,20-22,24,26-28,30,32,35-50,52,54-58,60,62-66H2,1-2H3,(H,85,90)/b7-5-,13-11-,19-17-,25-23-,31-29-,34-33-,53-51+,61-59+. The molecule has 0 aromatic carbocycles. The summed E-state index contributed by atoms with van der Waals surface area (Å²) in [7, 11) is 0. The summed E-state index contributed by atoms with van der Waals surface area (Å²) in [4.78, 5) is 13.5. The van der Waals surface area contributed by atoms with Gasteiger partial charge in [-0.15, -0.1) is 0 Å². The monoisotopic (exact) mass is 1460 g/mol. The minimum absolute atomic E-state index is 0.228. The molecule has 0 saturated carbocycles. The Balaban J connectivity index is 1.38. The molecule has 3 aliphatic rings. The van der Waals surface area contributed by atoms with Gasteiger partial charge < -0.3 is 89.9 Å². The number of unbranched alkanes of at least 4 members (excludes halogenated alkanes) is 34. The molecule has 19 heteroatoms. The zero-order chi connectivity index (χ0) is 74.6. The lowest BCUT2D eigenvalue weighted by Crippen LogP contribution is -2.66. The summed E-state index contributed by atoms with van der Waals surface area (Å²) in [5.74, 6) is -0.288. The van der Waals surface area contributed by atoms with E-state index in [2.05, 4.69) is 104 Å². The average molecular weight is 1460 g/mol. The Morgan fingerprint density at radius 2 is 0.680 bits per heavy atom. The zero-order valence-electron chi connectivity index (χ0n) is 63.8. The fraction of sp³-hybridized carbons (Fsp3) is 0.798. The molecule has 0 aliphatic carbocycles. The number of nitrogens with one attached hydrogen (secondary N) is 1. The minimum atomic E-state index is -1.99. The molecule has 3 saturated heterocycles. The Labute approximate surface area is 622 Å². The van der Waals surface area contributed by atoms with Crippen molar-refractivity contribution in [3.8, 4) is 0 Å². The van der Waals surface area contributed by atoms with Crippen molar-refractivity contribution in [1.29, 1.82) is 0 Å². The second-order valence-corrected chi connectivity index (χ2v) is 28.8. The lowest BCUT2D eigenvalue weighted by Gasteiger charge is -2.48. The Hall–Kier alpha value is -3.29. The van der Waals surface area contributed by atoms with E-state index < -0.39 is 124 Å². The van der Waals surface area contributed by atoms with Crippen LogP contribution in [-0.2, 0) is 33.2 Å². The summed E-state index contributed by atoms with van der Waals surface area (Å²) >= 11 is 0. The number of aliphatic hydroxyl groups is 11. The maximum absolute atomic E-state index is 13.5. The Kier molecular flexibility index (Phi) is 58.0. The van der Waals surface area contributed by atoms with Crippen LogP contribution in [0, 0.1) is 0 Å². The summed E-state index contributed by atoms with van der Waals surface area (Å²) in [5.41, 5.74) is 0. The molecule has 12 N–H and O–H groups in total. The van der Waals surface area contributed by atoms with Gasteiger partial charge in [0.05, 0.1) is 38.6 Å². The van der Waals surface area contributed by atoms with Gasteiger partial charge in [0.2, 0.25) is 5.91 Å². The molecule has 0 radical (unpaired) electrons. The SMILES string of the molecule is CC/C=C\C/C=C\C/C=C\C/C=C\C/C=C\C/C=C\CCCCCCCCCCCCCCC(=O)NC(COC1OC(CO)C(OC2OC(CO)C(OC3OC(CO)C(O)C(O)C3O)C(O)C2O)C(O)C1O)C(O)/C=C/CC/C=C/CCCCCCCCCCCCCCCCCCCCCCC. The largest absolute Gasteiger partial charge is 0.394 e. The molecule has 3 heterocycles. The predicted octanol–water partition coefficient (Wildman–Crippen LogP) is 14.0. The van der Waals surface area contributed by atoms with Crippen molar-refractivity contribution in [3.63, 3.8) is 0 Å². The van der Waals surface area contributed by atoms with Crippen LogP contribution in [0.25, 0.3) is 0 Å². The highest BCUT2D eigenvalue weighted by molar-refractivity contribution is 5.76. The van der Waals surface area contributed by atoms with E-state index in [4.69, 9.17) is 28.4 Å². The number of hydrogen-bond acceptors (Lipinski definition) is 18. The number of amides is 1. The molecule has 3 aliphatic heterocycles. The molecule has 0 bridgehead atoms. The van der Waals surface area contributed by atoms with Crippen LogP contribution < -0.4 is 5.32 Å². The smallest absolute Gasteiger partial charge is 0.220 e. The molecule has 1 amide bonds. The highest BCUT2D eigenvalue weighted by Crippen LogP contribution is 2.33. The predicted molar refractivity (Wildman–Crippen MR) is 411 cm³/mol. The van der Waals surface area contributed by atoms with Gasteiger partial charge in [-0.05, 0) is 83.5 Å². The molecule has 0 aromatic rings. The molecule has 0 spiro atoms. The molecule has 17 unspecified atom stereocenters. The van der Waals surface area contributed by atoms with Gasteiger partial charge in [0.25, 0.3) is 0 Å². The third-order valence-electron chi connectivity index (χ3n) is 19.9. The van der Waals surface area contributed by atoms with Gasteiger partial charge in [-0.2, -0.15) is 0 Å². The van der Waals surface area contributed by atoms with Crippen molar-refractivity contribution in [2.75, 3.05) is 26.4 Å². The van der Waals surface area contributed by atoms with Gasteiger partial charge in [0.1, 0.15) is 73.2 Å². The first-order valence-corrected chi connectivity index (χ1v) is 41.0. The molecule has 0 aromatic heterocycles. The first kappa shape index (κ1) is 93.9. The Morgan fingerprint density at radius 1 is 0.359 bits per heavy atom. The van der Waals surface area contributed by atoms with Crippen molar-refractivity contribution >= 4 is 5.91 Å². The fourth-order valence-corrected chi connectivity index (χ4v) is 13.3. The van der Waals surface area contributed by atoms with Gasteiger partial charge in [0.15, 0.2) is 18.9 Å². The summed E-state index contributed by atoms with van der Waals surface area (Å²) in [5, 5.41) is 121. The average Bonchev–Trinajstić information content (AvgIpc) is 0.781. The summed E-state index contributed by atoms with van der Waals surface area (Å²) < 4.78 is 34.4. The van der Waals surface area contributed by atoms with Crippen LogP contribution in [0.4, 0.5) is 0 Å². The lowest BCUT2D eigenvalue weighted by molar-refractivity contribution is -0.379. The summed E-state index contributed by atoms with van der Waals surface area (Å²) in [6, 6.07) is -0.999. The van der Waals surface area contributed by atoms with Crippen LogP contribution in [0.2, 0.25) is 0 Å². The number of rotatable bonds is 64.